The number of alkyl carbamates (subject to hydrolysis) is 1. The van der Waals surface area contributed by atoms with E-state index in [-0.39, 0.29) is 12.6 Å². The number of benzene rings is 2. The number of carbonyl (C=O) groups is 2. The van der Waals surface area contributed by atoms with Crippen molar-refractivity contribution in [3.05, 3.63) is 54.6 Å². The van der Waals surface area contributed by atoms with E-state index >= 15 is 0 Å². The number of urea groups is 1. The van der Waals surface area contributed by atoms with Gasteiger partial charge in [0.1, 0.15) is 5.60 Å². The maximum atomic E-state index is 11.9. The molecule has 0 fully saturated rings. The third-order valence-corrected chi connectivity index (χ3v) is 3.33. The van der Waals surface area contributed by atoms with Crippen molar-refractivity contribution in [2.24, 2.45) is 0 Å². The predicted molar refractivity (Wildman–Crippen MR) is 103 cm³/mol. The Morgan fingerprint density at radius 3 is 2.04 bits per heavy atom. The highest BCUT2D eigenvalue weighted by atomic mass is 16.6. The Morgan fingerprint density at radius 1 is 0.846 bits per heavy atom. The minimum Gasteiger partial charge on any atom is -0.444 e. The molecule has 138 valence electrons. The summed E-state index contributed by atoms with van der Waals surface area (Å²) >= 11 is 0. The van der Waals surface area contributed by atoms with Gasteiger partial charge >= 0.3 is 12.1 Å². The second-order valence-electron chi connectivity index (χ2n) is 6.75. The molecule has 0 unspecified atom stereocenters. The summed E-state index contributed by atoms with van der Waals surface area (Å²) in [5.74, 6) is 0. The van der Waals surface area contributed by atoms with Gasteiger partial charge in [-0.15, -0.1) is 0 Å². The molecule has 0 atom stereocenters. The second kappa shape index (κ2) is 8.89. The fourth-order valence-electron chi connectivity index (χ4n) is 2.21. The van der Waals surface area contributed by atoms with Crippen molar-refractivity contribution in [3.63, 3.8) is 0 Å². The number of rotatable bonds is 5. The van der Waals surface area contributed by atoms with E-state index in [1.807, 2.05) is 54.6 Å². The third-order valence-electron chi connectivity index (χ3n) is 3.33. The molecule has 0 spiro atoms. The highest BCUT2D eigenvalue weighted by molar-refractivity contribution is 5.89. The lowest BCUT2D eigenvalue weighted by atomic mass is 10.1. The Balaban J connectivity index is 1.72. The molecule has 26 heavy (non-hydrogen) atoms. The van der Waals surface area contributed by atoms with E-state index in [0.717, 1.165) is 11.1 Å². The quantitative estimate of drug-likeness (QED) is 0.709. The molecule has 0 heterocycles. The number of amides is 3. The van der Waals surface area contributed by atoms with Crippen LogP contribution in [-0.2, 0) is 4.74 Å². The molecule has 0 aliphatic rings. The Morgan fingerprint density at radius 2 is 1.42 bits per heavy atom. The smallest absolute Gasteiger partial charge is 0.407 e. The van der Waals surface area contributed by atoms with Crippen molar-refractivity contribution >= 4 is 17.8 Å². The first kappa shape index (κ1) is 19.3. The summed E-state index contributed by atoms with van der Waals surface area (Å²) in [6, 6.07) is 17.3. The van der Waals surface area contributed by atoms with Gasteiger partial charge in [-0.25, -0.2) is 9.59 Å². The molecule has 0 aromatic heterocycles. The minimum absolute atomic E-state index is 0.287. The zero-order valence-corrected chi connectivity index (χ0v) is 15.3. The lowest BCUT2D eigenvalue weighted by Crippen LogP contribution is -2.39. The predicted octanol–water partition coefficient (Wildman–Crippen LogP) is 4.00. The lowest BCUT2D eigenvalue weighted by molar-refractivity contribution is 0.0528. The summed E-state index contributed by atoms with van der Waals surface area (Å²) in [6.45, 7) is 5.96. The van der Waals surface area contributed by atoms with Crippen molar-refractivity contribution in [2.45, 2.75) is 26.4 Å². The Kier molecular flexibility index (Phi) is 6.60. The van der Waals surface area contributed by atoms with Crippen LogP contribution in [-0.4, -0.2) is 30.8 Å². The van der Waals surface area contributed by atoms with E-state index in [0.29, 0.717) is 12.2 Å². The van der Waals surface area contributed by atoms with Gasteiger partial charge in [0.2, 0.25) is 0 Å². The van der Waals surface area contributed by atoms with E-state index < -0.39 is 11.7 Å². The van der Waals surface area contributed by atoms with Crippen molar-refractivity contribution < 1.29 is 14.3 Å². The van der Waals surface area contributed by atoms with Crippen molar-refractivity contribution in [3.8, 4) is 11.1 Å². The first-order chi connectivity index (χ1) is 12.3. The monoisotopic (exact) mass is 355 g/mol. The van der Waals surface area contributed by atoms with Crippen LogP contribution in [0.15, 0.2) is 54.6 Å². The molecule has 0 aliphatic carbocycles. The van der Waals surface area contributed by atoms with Gasteiger partial charge in [0, 0.05) is 18.8 Å². The van der Waals surface area contributed by atoms with Gasteiger partial charge in [0.15, 0.2) is 0 Å². The number of hydrogen-bond donors (Lipinski definition) is 3. The standard InChI is InChI=1S/C20H25N3O3/c1-20(2,3)26-19(25)22-14-13-21-18(24)23-17-11-9-16(10-12-17)15-7-5-4-6-8-15/h4-12H,13-14H2,1-3H3,(H,22,25)(H2,21,23,24). The number of anilines is 1. The van der Waals surface area contributed by atoms with E-state index in [9.17, 15) is 9.59 Å². The van der Waals surface area contributed by atoms with Crippen LogP contribution >= 0.6 is 0 Å². The van der Waals surface area contributed by atoms with E-state index in [1.54, 1.807) is 20.8 Å². The first-order valence-corrected chi connectivity index (χ1v) is 8.51. The molecule has 0 saturated carbocycles. The fourth-order valence-corrected chi connectivity index (χ4v) is 2.21. The highest BCUT2D eigenvalue weighted by Gasteiger charge is 2.15. The molecule has 2 rings (SSSR count). The van der Waals surface area contributed by atoms with Gasteiger partial charge in [-0.2, -0.15) is 0 Å². The molecular formula is C20H25N3O3. The molecule has 6 nitrogen and oxygen atoms in total. The summed E-state index contributed by atoms with van der Waals surface area (Å²) in [5.41, 5.74) is 2.36. The Hall–Kier alpha value is -3.02. The maximum absolute atomic E-state index is 11.9. The van der Waals surface area contributed by atoms with Crippen LogP contribution in [0.25, 0.3) is 11.1 Å². The summed E-state index contributed by atoms with van der Waals surface area (Å²) < 4.78 is 5.11. The molecule has 0 aliphatic heterocycles. The number of nitrogens with one attached hydrogen (secondary N) is 3. The third kappa shape index (κ3) is 6.84. The Labute approximate surface area is 153 Å². The van der Waals surface area contributed by atoms with E-state index in [2.05, 4.69) is 16.0 Å². The molecule has 0 bridgehead atoms. The summed E-state index contributed by atoms with van der Waals surface area (Å²) in [6.07, 6.45) is -0.504. The molecule has 3 amide bonds. The Bertz CT molecular complexity index is 722. The van der Waals surface area contributed by atoms with E-state index in [1.165, 1.54) is 0 Å². The lowest BCUT2D eigenvalue weighted by Gasteiger charge is -2.19. The summed E-state index contributed by atoms with van der Waals surface area (Å²) in [4.78, 5) is 23.4. The summed E-state index contributed by atoms with van der Waals surface area (Å²) in [7, 11) is 0. The van der Waals surface area contributed by atoms with Crippen LogP contribution in [0.1, 0.15) is 20.8 Å². The van der Waals surface area contributed by atoms with Crippen LogP contribution in [0.2, 0.25) is 0 Å². The molecular weight excluding hydrogens is 330 g/mol. The van der Waals surface area contributed by atoms with Gasteiger partial charge < -0.3 is 20.7 Å². The summed E-state index contributed by atoms with van der Waals surface area (Å²) in [5, 5.41) is 8.01. The molecule has 0 saturated heterocycles. The molecule has 3 N–H and O–H groups in total. The van der Waals surface area contributed by atoms with Gasteiger partial charge in [-0.05, 0) is 44.0 Å². The van der Waals surface area contributed by atoms with Crippen molar-refractivity contribution in [2.75, 3.05) is 18.4 Å². The van der Waals surface area contributed by atoms with Crippen molar-refractivity contribution in [1.82, 2.24) is 10.6 Å². The average molecular weight is 355 g/mol. The van der Waals surface area contributed by atoms with Gasteiger partial charge in [-0.3, -0.25) is 0 Å². The van der Waals surface area contributed by atoms with E-state index in [4.69, 9.17) is 4.74 Å². The van der Waals surface area contributed by atoms with Gasteiger partial charge in [0.25, 0.3) is 0 Å². The molecule has 6 heteroatoms. The normalized spacial score (nSPS) is 10.7. The number of hydrogen-bond acceptors (Lipinski definition) is 3. The highest BCUT2D eigenvalue weighted by Crippen LogP contribution is 2.20. The molecule has 0 radical (unpaired) electrons. The first-order valence-electron chi connectivity index (χ1n) is 8.51. The van der Waals surface area contributed by atoms with Crippen LogP contribution < -0.4 is 16.0 Å². The topological polar surface area (TPSA) is 79.5 Å². The van der Waals surface area contributed by atoms with Gasteiger partial charge in [-0.1, -0.05) is 42.5 Å². The SMILES string of the molecule is CC(C)(C)OC(=O)NCCNC(=O)Nc1ccc(-c2ccccc2)cc1. The average Bonchev–Trinajstić information content (AvgIpc) is 2.59. The molecule has 2 aromatic rings. The molecule has 2 aromatic carbocycles. The number of carbonyl (C=O) groups excluding carboxylic acids is 2. The van der Waals surface area contributed by atoms with Crippen LogP contribution in [0.3, 0.4) is 0 Å². The zero-order chi connectivity index (χ0) is 19.0. The van der Waals surface area contributed by atoms with Crippen LogP contribution in [0, 0.1) is 0 Å². The van der Waals surface area contributed by atoms with Gasteiger partial charge in [0.05, 0.1) is 0 Å². The number of ether oxygens (including phenoxy) is 1. The van der Waals surface area contributed by atoms with Crippen LogP contribution in [0.5, 0.6) is 0 Å². The largest absolute Gasteiger partial charge is 0.444 e. The second-order valence-corrected chi connectivity index (χ2v) is 6.75. The van der Waals surface area contributed by atoms with Crippen molar-refractivity contribution in [1.29, 1.82) is 0 Å². The minimum atomic E-state index is -0.541. The zero-order valence-electron chi connectivity index (χ0n) is 15.3. The van der Waals surface area contributed by atoms with Crippen LogP contribution in [0.4, 0.5) is 15.3 Å². The fraction of sp³-hybridized carbons (Fsp3) is 0.300. The maximum Gasteiger partial charge on any atom is 0.407 e.